The lowest BCUT2D eigenvalue weighted by Crippen LogP contribution is -2.41. The van der Waals surface area contributed by atoms with Crippen LogP contribution in [0, 0.1) is 0 Å². The number of carbonyl (C=O) groups excluding carboxylic acids is 1. The molecule has 5 rings (SSSR count). The second-order valence-electron chi connectivity index (χ2n) is 7.91. The van der Waals surface area contributed by atoms with Crippen molar-refractivity contribution < 1.29 is 17.9 Å². The van der Waals surface area contributed by atoms with Gasteiger partial charge in [-0.2, -0.15) is 4.31 Å². The Morgan fingerprint density at radius 3 is 2.53 bits per heavy atom. The van der Waals surface area contributed by atoms with Crippen LogP contribution < -0.4 is 0 Å². The summed E-state index contributed by atoms with van der Waals surface area (Å²) < 4.78 is 32.9. The molecule has 0 N–H and O–H groups in total. The van der Waals surface area contributed by atoms with E-state index in [4.69, 9.17) is 4.74 Å². The summed E-state index contributed by atoms with van der Waals surface area (Å²) >= 11 is 1.72. The number of fused-ring (bicyclic) bond motifs is 1. The summed E-state index contributed by atoms with van der Waals surface area (Å²) in [6.45, 7) is 2.00. The molecular weight excluding hydrogens is 444 g/mol. The van der Waals surface area contributed by atoms with E-state index in [0.717, 1.165) is 17.5 Å². The number of rotatable bonds is 4. The second kappa shape index (κ2) is 8.78. The zero-order valence-electron chi connectivity index (χ0n) is 17.5. The van der Waals surface area contributed by atoms with E-state index in [1.165, 1.54) is 15.2 Å². The quantitative estimate of drug-likeness (QED) is 0.587. The predicted molar refractivity (Wildman–Crippen MR) is 123 cm³/mol. The van der Waals surface area contributed by atoms with Crippen LogP contribution in [0.3, 0.4) is 0 Å². The van der Waals surface area contributed by atoms with E-state index < -0.39 is 10.0 Å². The van der Waals surface area contributed by atoms with Crippen molar-refractivity contribution in [3.05, 3.63) is 87.6 Å². The molecule has 8 heteroatoms. The third-order valence-corrected chi connectivity index (χ3v) is 8.92. The fraction of sp³-hybridized carbons (Fsp3) is 0.292. The van der Waals surface area contributed by atoms with Crippen molar-refractivity contribution in [2.24, 2.45) is 0 Å². The van der Waals surface area contributed by atoms with Crippen LogP contribution in [0.15, 0.2) is 70.9 Å². The lowest BCUT2D eigenvalue weighted by molar-refractivity contribution is 0.0695. The van der Waals surface area contributed by atoms with Crippen LogP contribution >= 0.6 is 11.3 Å². The average Bonchev–Trinajstić information content (AvgIpc) is 3.33. The fourth-order valence-corrected chi connectivity index (χ4v) is 6.78. The van der Waals surface area contributed by atoms with Gasteiger partial charge in [-0.1, -0.05) is 36.4 Å². The number of benzene rings is 2. The standard InChI is InChI=1S/C24H24N2O4S2/c27-24(19-7-4-8-20(17-19)32(28,29)25-12-14-30-15-13-25)26-11-9-22-21(10-16-31-22)23(26)18-5-2-1-3-6-18/h1-8,10,16-17,23H,9,11-15H2/t23-/m0/s1. The number of hydrogen-bond donors (Lipinski definition) is 0. The molecule has 1 atom stereocenters. The summed E-state index contributed by atoms with van der Waals surface area (Å²) in [5.74, 6) is -0.158. The topological polar surface area (TPSA) is 66.9 Å². The average molecular weight is 469 g/mol. The van der Waals surface area contributed by atoms with E-state index in [0.29, 0.717) is 38.4 Å². The number of nitrogens with zero attached hydrogens (tertiary/aromatic N) is 2. The third-order valence-electron chi connectivity index (χ3n) is 6.03. The van der Waals surface area contributed by atoms with Gasteiger partial charge in [0.1, 0.15) is 0 Å². The Kier molecular flexibility index (Phi) is 5.86. The van der Waals surface area contributed by atoms with Gasteiger partial charge in [0, 0.05) is 30.1 Å². The second-order valence-corrected chi connectivity index (χ2v) is 10.8. The minimum Gasteiger partial charge on any atom is -0.379 e. The maximum atomic E-state index is 13.7. The van der Waals surface area contributed by atoms with E-state index in [-0.39, 0.29) is 16.8 Å². The van der Waals surface area contributed by atoms with E-state index in [1.807, 2.05) is 35.2 Å². The smallest absolute Gasteiger partial charge is 0.254 e. The predicted octanol–water partition coefficient (Wildman–Crippen LogP) is 3.56. The molecule has 1 fully saturated rings. The van der Waals surface area contributed by atoms with E-state index in [2.05, 4.69) is 11.4 Å². The van der Waals surface area contributed by atoms with Crippen LogP contribution in [0.25, 0.3) is 0 Å². The molecule has 2 aromatic carbocycles. The lowest BCUT2D eigenvalue weighted by atomic mass is 9.92. The Hall–Kier alpha value is -2.52. The van der Waals surface area contributed by atoms with Crippen molar-refractivity contribution in [2.75, 3.05) is 32.8 Å². The van der Waals surface area contributed by atoms with Gasteiger partial charge < -0.3 is 9.64 Å². The van der Waals surface area contributed by atoms with Gasteiger partial charge in [-0.05, 0) is 47.2 Å². The number of carbonyl (C=O) groups is 1. The van der Waals surface area contributed by atoms with Crippen LogP contribution in [-0.2, 0) is 21.2 Å². The molecule has 1 aromatic heterocycles. The molecule has 3 aromatic rings. The zero-order valence-corrected chi connectivity index (χ0v) is 19.1. The first kappa shape index (κ1) is 21.3. The number of sulfonamides is 1. The molecule has 0 spiro atoms. The number of ether oxygens (including phenoxy) is 1. The monoisotopic (exact) mass is 468 g/mol. The molecule has 1 saturated heterocycles. The summed E-state index contributed by atoms with van der Waals surface area (Å²) in [6.07, 6.45) is 0.799. The highest BCUT2D eigenvalue weighted by atomic mass is 32.2. The highest BCUT2D eigenvalue weighted by molar-refractivity contribution is 7.89. The van der Waals surface area contributed by atoms with Gasteiger partial charge >= 0.3 is 0 Å². The Morgan fingerprint density at radius 2 is 1.75 bits per heavy atom. The first-order valence-electron chi connectivity index (χ1n) is 10.7. The lowest BCUT2D eigenvalue weighted by Gasteiger charge is -2.36. The van der Waals surface area contributed by atoms with Gasteiger partial charge in [-0.25, -0.2) is 8.42 Å². The highest BCUT2D eigenvalue weighted by Crippen LogP contribution is 2.38. The molecule has 1 amide bonds. The normalized spacial score (nSPS) is 19.5. The Bertz CT molecular complexity index is 1220. The molecule has 0 aliphatic carbocycles. The highest BCUT2D eigenvalue weighted by Gasteiger charge is 2.34. The summed E-state index contributed by atoms with van der Waals surface area (Å²) in [4.78, 5) is 17.0. The Labute approximate surface area is 192 Å². The molecule has 166 valence electrons. The molecule has 32 heavy (non-hydrogen) atoms. The molecule has 2 aliphatic heterocycles. The third kappa shape index (κ3) is 3.88. The van der Waals surface area contributed by atoms with Gasteiger partial charge in [0.05, 0.1) is 24.2 Å². The van der Waals surface area contributed by atoms with Crippen LogP contribution in [0.1, 0.15) is 32.4 Å². The molecule has 0 bridgehead atoms. The number of hydrogen-bond acceptors (Lipinski definition) is 5. The van der Waals surface area contributed by atoms with Crippen molar-refractivity contribution in [2.45, 2.75) is 17.4 Å². The van der Waals surface area contributed by atoms with Gasteiger partial charge in [0.25, 0.3) is 5.91 Å². The molecule has 3 heterocycles. The van der Waals surface area contributed by atoms with E-state index in [1.54, 1.807) is 29.5 Å². The molecule has 0 unspecified atom stereocenters. The first-order chi connectivity index (χ1) is 15.6. The summed E-state index contributed by atoms with van der Waals surface area (Å²) in [6, 6.07) is 18.3. The first-order valence-corrected chi connectivity index (χ1v) is 13.0. The van der Waals surface area contributed by atoms with Gasteiger partial charge in [0.2, 0.25) is 10.0 Å². The molecular formula is C24H24N2O4S2. The minimum absolute atomic E-state index is 0.148. The SMILES string of the molecule is O=C(c1cccc(S(=O)(=O)N2CCOCC2)c1)N1CCc2sccc2[C@@H]1c1ccccc1. The van der Waals surface area contributed by atoms with Crippen LogP contribution in [0.4, 0.5) is 0 Å². The maximum Gasteiger partial charge on any atom is 0.254 e. The molecule has 2 aliphatic rings. The summed E-state index contributed by atoms with van der Waals surface area (Å²) in [7, 11) is -3.67. The van der Waals surface area contributed by atoms with Crippen molar-refractivity contribution in [1.29, 1.82) is 0 Å². The van der Waals surface area contributed by atoms with Gasteiger partial charge in [-0.15, -0.1) is 11.3 Å². The number of thiophene rings is 1. The summed E-state index contributed by atoms with van der Waals surface area (Å²) in [5, 5.41) is 2.07. The van der Waals surface area contributed by atoms with E-state index in [9.17, 15) is 13.2 Å². The van der Waals surface area contributed by atoms with Crippen LogP contribution in [-0.4, -0.2) is 56.4 Å². The van der Waals surface area contributed by atoms with E-state index >= 15 is 0 Å². The van der Waals surface area contributed by atoms with Crippen molar-refractivity contribution in [3.8, 4) is 0 Å². The zero-order chi connectivity index (χ0) is 22.1. The van der Waals surface area contributed by atoms with Crippen molar-refractivity contribution in [1.82, 2.24) is 9.21 Å². The van der Waals surface area contributed by atoms with Crippen LogP contribution in [0.5, 0.6) is 0 Å². The van der Waals surface area contributed by atoms with Crippen molar-refractivity contribution >= 4 is 27.3 Å². The van der Waals surface area contributed by atoms with Gasteiger partial charge in [-0.3, -0.25) is 4.79 Å². The molecule has 0 radical (unpaired) electrons. The van der Waals surface area contributed by atoms with Crippen molar-refractivity contribution in [3.63, 3.8) is 0 Å². The maximum absolute atomic E-state index is 13.7. The Morgan fingerprint density at radius 1 is 0.969 bits per heavy atom. The molecule has 0 saturated carbocycles. The summed E-state index contributed by atoms with van der Waals surface area (Å²) in [5.41, 5.74) is 2.59. The van der Waals surface area contributed by atoms with Crippen LogP contribution in [0.2, 0.25) is 0 Å². The number of amides is 1. The minimum atomic E-state index is -3.67. The number of morpholine rings is 1. The Balaban J connectivity index is 1.49. The van der Waals surface area contributed by atoms with Gasteiger partial charge in [0.15, 0.2) is 0 Å². The fourth-order valence-electron chi connectivity index (χ4n) is 4.42. The largest absolute Gasteiger partial charge is 0.379 e. The molecule has 6 nitrogen and oxygen atoms in total.